The van der Waals surface area contributed by atoms with Crippen molar-refractivity contribution in [3.8, 4) is 0 Å². The first-order valence-electron chi connectivity index (χ1n) is 7.37. The average Bonchev–Trinajstić information content (AvgIpc) is 2.70. The third-order valence-corrected chi connectivity index (χ3v) is 4.40. The fourth-order valence-electron chi connectivity index (χ4n) is 3.03. The predicted molar refractivity (Wildman–Crippen MR) is 93.1 cm³/mol. The molecule has 3 heteroatoms. The van der Waals surface area contributed by atoms with Crippen LogP contribution in [0.3, 0.4) is 0 Å². The molecule has 2 aromatic rings. The van der Waals surface area contributed by atoms with Crippen molar-refractivity contribution in [1.82, 2.24) is 0 Å². The topological polar surface area (TPSA) is 29.3 Å². The summed E-state index contributed by atoms with van der Waals surface area (Å²) in [5.74, 6) is 0. The van der Waals surface area contributed by atoms with E-state index in [0.29, 0.717) is 4.99 Å². The number of hydrogen-bond acceptors (Lipinski definition) is 2. The Kier molecular flexibility index (Phi) is 3.93. The van der Waals surface area contributed by atoms with E-state index in [4.69, 9.17) is 18.0 Å². The van der Waals surface area contributed by atoms with Crippen LogP contribution in [0.25, 0.3) is 0 Å². The maximum absolute atomic E-state index is 5.92. The number of benzene rings is 2. The summed E-state index contributed by atoms with van der Waals surface area (Å²) in [4.78, 5) is 2.89. The van der Waals surface area contributed by atoms with E-state index in [1.54, 1.807) is 0 Å². The zero-order valence-electron chi connectivity index (χ0n) is 12.3. The zero-order chi connectivity index (χ0) is 14.8. The Morgan fingerprint density at radius 2 is 1.67 bits per heavy atom. The van der Waals surface area contributed by atoms with E-state index in [9.17, 15) is 0 Å². The van der Waals surface area contributed by atoms with E-state index in [2.05, 4.69) is 54.3 Å². The lowest BCUT2D eigenvalue weighted by atomic mass is 10.0. The van der Waals surface area contributed by atoms with Crippen molar-refractivity contribution in [2.45, 2.75) is 19.8 Å². The van der Waals surface area contributed by atoms with Gasteiger partial charge >= 0.3 is 0 Å². The van der Waals surface area contributed by atoms with Crippen molar-refractivity contribution in [3.05, 3.63) is 64.7 Å². The fourth-order valence-corrected chi connectivity index (χ4v) is 3.20. The van der Waals surface area contributed by atoms with Gasteiger partial charge in [0.25, 0.3) is 0 Å². The van der Waals surface area contributed by atoms with Crippen molar-refractivity contribution in [2.24, 2.45) is 5.73 Å². The first kappa shape index (κ1) is 14.1. The molecule has 21 heavy (non-hydrogen) atoms. The minimum Gasteiger partial charge on any atom is -0.389 e. The summed E-state index contributed by atoms with van der Waals surface area (Å²) in [5, 5.41) is 0. The van der Waals surface area contributed by atoms with Crippen LogP contribution < -0.4 is 10.6 Å². The molecule has 0 saturated carbocycles. The number of nitrogens with zero attached hydrogens (tertiary/aromatic N) is 1. The van der Waals surface area contributed by atoms with E-state index in [1.807, 2.05) is 0 Å². The van der Waals surface area contributed by atoms with Gasteiger partial charge in [-0.25, -0.2) is 0 Å². The SMILES string of the molecule is Cc1ccc(N2CCc3ccccc3CC2)c(C(N)=S)c1. The molecule has 0 spiro atoms. The van der Waals surface area contributed by atoms with E-state index >= 15 is 0 Å². The molecule has 1 aliphatic heterocycles. The summed E-state index contributed by atoms with van der Waals surface area (Å²) >= 11 is 5.23. The molecular weight excluding hydrogens is 276 g/mol. The molecule has 1 heterocycles. The van der Waals surface area contributed by atoms with Crippen molar-refractivity contribution in [3.63, 3.8) is 0 Å². The van der Waals surface area contributed by atoms with Crippen LogP contribution in [-0.4, -0.2) is 18.1 Å². The first-order chi connectivity index (χ1) is 10.1. The van der Waals surface area contributed by atoms with Crippen LogP contribution in [-0.2, 0) is 12.8 Å². The Hall–Kier alpha value is -1.87. The lowest BCUT2D eigenvalue weighted by Gasteiger charge is -2.25. The van der Waals surface area contributed by atoms with Crippen molar-refractivity contribution >= 4 is 22.9 Å². The second kappa shape index (κ2) is 5.86. The summed E-state index contributed by atoms with van der Waals surface area (Å²) in [5.41, 5.74) is 12.2. The molecule has 0 radical (unpaired) electrons. The van der Waals surface area contributed by atoms with E-state index in [0.717, 1.165) is 31.5 Å². The molecule has 3 rings (SSSR count). The monoisotopic (exact) mass is 296 g/mol. The van der Waals surface area contributed by atoms with Crippen molar-refractivity contribution in [2.75, 3.05) is 18.0 Å². The van der Waals surface area contributed by atoms with E-state index < -0.39 is 0 Å². The van der Waals surface area contributed by atoms with Crippen molar-refractivity contribution < 1.29 is 0 Å². The van der Waals surface area contributed by atoms with Gasteiger partial charge in [0.2, 0.25) is 0 Å². The molecular formula is C18H20N2S. The van der Waals surface area contributed by atoms with Crippen LogP contribution in [0.4, 0.5) is 5.69 Å². The van der Waals surface area contributed by atoms with Gasteiger partial charge in [0, 0.05) is 24.3 Å². The van der Waals surface area contributed by atoms with Gasteiger partial charge in [-0.1, -0.05) is 48.1 Å². The third kappa shape index (κ3) is 2.93. The predicted octanol–water partition coefficient (Wildman–Crippen LogP) is 3.23. The van der Waals surface area contributed by atoms with Crippen LogP contribution in [0.15, 0.2) is 42.5 Å². The largest absolute Gasteiger partial charge is 0.389 e. The summed E-state index contributed by atoms with van der Waals surface area (Å²) < 4.78 is 0. The van der Waals surface area contributed by atoms with Gasteiger partial charge in [0.15, 0.2) is 0 Å². The zero-order valence-corrected chi connectivity index (χ0v) is 13.1. The molecule has 1 aliphatic rings. The highest BCUT2D eigenvalue weighted by atomic mass is 32.1. The highest BCUT2D eigenvalue weighted by Crippen LogP contribution is 2.25. The second-order valence-electron chi connectivity index (χ2n) is 5.64. The van der Waals surface area contributed by atoms with Crippen LogP contribution in [0.2, 0.25) is 0 Å². The number of aryl methyl sites for hydroxylation is 1. The molecule has 0 bridgehead atoms. The van der Waals surface area contributed by atoms with E-state index in [1.165, 1.54) is 22.4 Å². The van der Waals surface area contributed by atoms with Gasteiger partial charge in [-0.3, -0.25) is 0 Å². The maximum Gasteiger partial charge on any atom is 0.106 e. The summed E-state index contributed by atoms with van der Waals surface area (Å²) in [6, 6.07) is 15.1. The van der Waals surface area contributed by atoms with Gasteiger partial charge in [-0.15, -0.1) is 0 Å². The second-order valence-corrected chi connectivity index (χ2v) is 6.08. The minimum atomic E-state index is 0.482. The number of fused-ring (bicyclic) bond motifs is 1. The maximum atomic E-state index is 5.92. The summed E-state index contributed by atoms with van der Waals surface area (Å²) in [6.45, 7) is 4.09. The molecule has 108 valence electrons. The molecule has 0 aliphatic carbocycles. The highest BCUT2D eigenvalue weighted by Gasteiger charge is 2.17. The third-order valence-electron chi connectivity index (χ3n) is 4.18. The lowest BCUT2D eigenvalue weighted by Crippen LogP contribution is -2.28. The Morgan fingerprint density at radius 1 is 1.05 bits per heavy atom. The molecule has 2 N–H and O–H groups in total. The Bertz CT molecular complexity index is 652. The van der Waals surface area contributed by atoms with Gasteiger partial charge < -0.3 is 10.6 Å². The molecule has 0 amide bonds. The molecule has 0 atom stereocenters. The smallest absolute Gasteiger partial charge is 0.106 e. The Morgan fingerprint density at radius 3 is 2.24 bits per heavy atom. The van der Waals surface area contributed by atoms with Crippen LogP contribution in [0, 0.1) is 6.92 Å². The number of thiocarbonyl (C=S) groups is 1. The van der Waals surface area contributed by atoms with E-state index in [-0.39, 0.29) is 0 Å². The number of nitrogens with two attached hydrogens (primary N) is 1. The highest BCUT2D eigenvalue weighted by molar-refractivity contribution is 7.80. The Balaban J connectivity index is 1.91. The molecule has 0 saturated heterocycles. The van der Waals surface area contributed by atoms with Crippen LogP contribution in [0.5, 0.6) is 0 Å². The number of hydrogen-bond donors (Lipinski definition) is 1. The molecule has 2 nitrogen and oxygen atoms in total. The fraction of sp³-hybridized carbons (Fsp3) is 0.278. The normalized spacial score (nSPS) is 14.4. The van der Waals surface area contributed by atoms with Crippen molar-refractivity contribution in [1.29, 1.82) is 0 Å². The Labute approximate surface area is 131 Å². The quantitative estimate of drug-likeness (QED) is 0.863. The summed E-state index contributed by atoms with van der Waals surface area (Å²) in [6.07, 6.45) is 2.14. The van der Waals surface area contributed by atoms with Crippen LogP contribution in [0.1, 0.15) is 22.3 Å². The number of rotatable bonds is 2. The molecule has 0 unspecified atom stereocenters. The molecule has 0 aromatic heterocycles. The van der Waals surface area contributed by atoms with Gasteiger partial charge in [-0.2, -0.15) is 0 Å². The first-order valence-corrected chi connectivity index (χ1v) is 7.78. The summed E-state index contributed by atoms with van der Waals surface area (Å²) in [7, 11) is 0. The molecule has 2 aromatic carbocycles. The standard InChI is InChI=1S/C18H20N2S/c1-13-6-7-17(16(12-13)18(19)21)20-10-8-14-4-2-3-5-15(14)9-11-20/h2-7,12H,8-11H2,1H3,(H2,19,21). The number of anilines is 1. The van der Waals surface area contributed by atoms with Crippen LogP contribution >= 0.6 is 12.2 Å². The van der Waals surface area contributed by atoms with Gasteiger partial charge in [0.1, 0.15) is 4.99 Å². The lowest BCUT2D eigenvalue weighted by molar-refractivity contribution is 0.805. The van der Waals surface area contributed by atoms with Gasteiger partial charge in [0.05, 0.1) is 0 Å². The average molecular weight is 296 g/mol. The molecule has 0 fully saturated rings. The minimum absolute atomic E-state index is 0.482. The van der Waals surface area contributed by atoms with Gasteiger partial charge in [-0.05, 0) is 43.0 Å².